The SMILES string of the molecule is CCOC(=O)CCN(C(=O)c1ccc(OC(C)C)cc1)C1CCCCC1. The zero-order valence-electron chi connectivity index (χ0n) is 16.2. The molecule has 1 fully saturated rings. The number of esters is 1. The Balaban J connectivity index is 2.09. The minimum absolute atomic E-state index is 0.0164. The Bertz CT molecular complexity index is 576. The predicted octanol–water partition coefficient (Wildman–Crippen LogP) is 4.20. The molecule has 26 heavy (non-hydrogen) atoms. The van der Waals surface area contributed by atoms with Crippen molar-refractivity contribution in [3.63, 3.8) is 0 Å². The number of benzene rings is 1. The van der Waals surface area contributed by atoms with Crippen LogP contribution in [0.1, 0.15) is 69.7 Å². The van der Waals surface area contributed by atoms with Crippen LogP contribution in [0.3, 0.4) is 0 Å². The summed E-state index contributed by atoms with van der Waals surface area (Å²) in [4.78, 5) is 26.7. The van der Waals surface area contributed by atoms with Gasteiger partial charge in [0.2, 0.25) is 0 Å². The molecule has 0 heterocycles. The van der Waals surface area contributed by atoms with Crippen LogP contribution in [0.4, 0.5) is 0 Å². The molecule has 0 radical (unpaired) electrons. The second-order valence-electron chi connectivity index (χ2n) is 7.04. The Morgan fingerprint density at radius 3 is 2.35 bits per heavy atom. The Kier molecular flexibility index (Phi) is 7.95. The summed E-state index contributed by atoms with van der Waals surface area (Å²) in [6, 6.07) is 7.48. The number of hydrogen-bond acceptors (Lipinski definition) is 4. The van der Waals surface area contributed by atoms with Crippen molar-refractivity contribution in [3.05, 3.63) is 29.8 Å². The Hall–Kier alpha value is -2.04. The molecule has 0 atom stereocenters. The van der Waals surface area contributed by atoms with E-state index in [0.29, 0.717) is 18.7 Å². The summed E-state index contributed by atoms with van der Waals surface area (Å²) in [6.45, 7) is 6.52. The van der Waals surface area contributed by atoms with Crippen LogP contribution >= 0.6 is 0 Å². The van der Waals surface area contributed by atoms with Crippen LogP contribution in [-0.2, 0) is 9.53 Å². The van der Waals surface area contributed by atoms with Gasteiger partial charge in [0.15, 0.2) is 0 Å². The van der Waals surface area contributed by atoms with Gasteiger partial charge in [0.25, 0.3) is 5.91 Å². The van der Waals surface area contributed by atoms with Crippen LogP contribution < -0.4 is 4.74 Å². The van der Waals surface area contributed by atoms with Crippen molar-refractivity contribution in [3.8, 4) is 5.75 Å². The van der Waals surface area contributed by atoms with Crippen LogP contribution in [0.2, 0.25) is 0 Å². The average Bonchev–Trinajstić information content (AvgIpc) is 2.63. The van der Waals surface area contributed by atoms with Gasteiger partial charge >= 0.3 is 5.97 Å². The highest BCUT2D eigenvalue weighted by Crippen LogP contribution is 2.25. The lowest BCUT2D eigenvalue weighted by Gasteiger charge is -2.34. The summed E-state index contributed by atoms with van der Waals surface area (Å²) in [5, 5.41) is 0. The van der Waals surface area contributed by atoms with Gasteiger partial charge in [-0.2, -0.15) is 0 Å². The zero-order valence-corrected chi connectivity index (χ0v) is 16.2. The molecule has 0 unspecified atom stereocenters. The lowest BCUT2D eigenvalue weighted by atomic mass is 9.93. The van der Waals surface area contributed by atoms with E-state index in [0.717, 1.165) is 31.4 Å². The fraction of sp³-hybridized carbons (Fsp3) is 0.619. The summed E-state index contributed by atoms with van der Waals surface area (Å²) in [7, 11) is 0. The van der Waals surface area contributed by atoms with Crippen molar-refractivity contribution in [2.75, 3.05) is 13.2 Å². The average molecular weight is 361 g/mol. The molecule has 0 aliphatic heterocycles. The molecular weight excluding hydrogens is 330 g/mol. The first-order chi connectivity index (χ1) is 12.5. The Morgan fingerprint density at radius 2 is 1.77 bits per heavy atom. The van der Waals surface area contributed by atoms with Crippen LogP contribution in [0.15, 0.2) is 24.3 Å². The maximum absolute atomic E-state index is 13.1. The van der Waals surface area contributed by atoms with Gasteiger partial charge in [-0.3, -0.25) is 9.59 Å². The van der Waals surface area contributed by atoms with E-state index in [1.807, 2.05) is 30.9 Å². The van der Waals surface area contributed by atoms with E-state index in [9.17, 15) is 9.59 Å². The number of hydrogen-bond donors (Lipinski definition) is 0. The number of amides is 1. The van der Waals surface area contributed by atoms with Gasteiger partial charge in [0, 0.05) is 18.2 Å². The number of carbonyl (C=O) groups excluding carboxylic acids is 2. The lowest BCUT2D eigenvalue weighted by molar-refractivity contribution is -0.143. The fourth-order valence-corrected chi connectivity index (χ4v) is 3.40. The molecule has 1 amide bonds. The molecule has 0 saturated heterocycles. The third-order valence-corrected chi connectivity index (χ3v) is 4.61. The minimum atomic E-state index is -0.248. The van der Waals surface area contributed by atoms with Crippen LogP contribution in [0.5, 0.6) is 5.75 Å². The number of rotatable bonds is 8. The van der Waals surface area contributed by atoms with E-state index in [1.54, 1.807) is 19.1 Å². The minimum Gasteiger partial charge on any atom is -0.491 e. The van der Waals surface area contributed by atoms with Crippen molar-refractivity contribution in [1.29, 1.82) is 0 Å². The van der Waals surface area contributed by atoms with Crippen LogP contribution in [0, 0.1) is 0 Å². The maximum Gasteiger partial charge on any atom is 0.307 e. The molecule has 0 bridgehead atoms. The van der Waals surface area contributed by atoms with Crippen LogP contribution in [-0.4, -0.2) is 42.1 Å². The summed E-state index contributed by atoms with van der Waals surface area (Å²) >= 11 is 0. The summed E-state index contributed by atoms with van der Waals surface area (Å²) in [5.74, 6) is 0.492. The van der Waals surface area contributed by atoms with Crippen LogP contribution in [0.25, 0.3) is 0 Å². The molecule has 144 valence electrons. The molecule has 5 heteroatoms. The molecule has 1 aliphatic rings. The molecule has 1 aromatic rings. The molecule has 0 aromatic heterocycles. The number of carbonyl (C=O) groups is 2. The van der Waals surface area contributed by atoms with E-state index in [4.69, 9.17) is 9.47 Å². The van der Waals surface area contributed by atoms with Crippen molar-refractivity contribution in [1.82, 2.24) is 4.90 Å². The highest BCUT2D eigenvalue weighted by molar-refractivity contribution is 5.94. The van der Waals surface area contributed by atoms with Crippen molar-refractivity contribution in [2.45, 2.75) is 71.4 Å². The summed E-state index contributed by atoms with van der Waals surface area (Å²) in [6.07, 6.45) is 5.83. The molecule has 1 saturated carbocycles. The normalized spacial score (nSPS) is 14.9. The molecule has 1 aromatic carbocycles. The van der Waals surface area contributed by atoms with E-state index >= 15 is 0 Å². The van der Waals surface area contributed by atoms with Gasteiger partial charge < -0.3 is 14.4 Å². The first-order valence-electron chi connectivity index (χ1n) is 9.74. The van der Waals surface area contributed by atoms with E-state index in [2.05, 4.69) is 0 Å². The van der Waals surface area contributed by atoms with Gasteiger partial charge in [-0.15, -0.1) is 0 Å². The smallest absolute Gasteiger partial charge is 0.307 e. The molecular formula is C21H31NO4. The highest BCUT2D eigenvalue weighted by Gasteiger charge is 2.27. The molecule has 5 nitrogen and oxygen atoms in total. The van der Waals surface area contributed by atoms with Gasteiger partial charge in [-0.05, 0) is 57.9 Å². The third kappa shape index (κ3) is 6.04. The molecule has 0 N–H and O–H groups in total. The maximum atomic E-state index is 13.1. The monoisotopic (exact) mass is 361 g/mol. The Labute approximate surface area is 156 Å². The first-order valence-corrected chi connectivity index (χ1v) is 9.74. The quantitative estimate of drug-likeness (QED) is 0.651. The van der Waals surface area contributed by atoms with Crippen molar-refractivity contribution in [2.24, 2.45) is 0 Å². The van der Waals surface area contributed by atoms with Crippen molar-refractivity contribution >= 4 is 11.9 Å². The van der Waals surface area contributed by atoms with E-state index in [1.165, 1.54) is 6.42 Å². The van der Waals surface area contributed by atoms with Gasteiger partial charge in [0.05, 0.1) is 19.1 Å². The fourth-order valence-electron chi connectivity index (χ4n) is 3.40. The van der Waals surface area contributed by atoms with Gasteiger partial charge in [-0.25, -0.2) is 0 Å². The van der Waals surface area contributed by atoms with Crippen molar-refractivity contribution < 1.29 is 19.1 Å². The Morgan fingerprint density at radius 1 is 1.12 bits per heavy atom. The van der Waals surface area contributed by atoms with E-state index in [-0.39, 0.29) is 30.4 Å². The number of nitrogens with zero attached hydrogens (tertiary/aromatic N) is 1. The second-order valence-corrected chi connectivity index (χ2v) is 7.04. The molecule has 1 aliphatic carbocycles. The highest BCUT2D eigenvalue weighted by atomic mass is 16.5. The first kappa shape index (κ1) is 20.3. The number of ether oxygens (including phenoxy) is 2. The second kappa shape index (κ2) is 10.2. The zero-order chi connectivity index (χ0) is 18.9. The summed E-state index contributed by atoms with van der Waals surface area (Å²) in [5.41, 5.74) is 0.635. The third-order valence-electron chi connectivity index (χ3n) is 4.61. The predicted molar refractivity (Wildman–Crippen MR) is 101 cm³/mol. The largest absolute Gasteiger partial charge is 0.491 e. The lowest BCUT2D eigenvalue weighted by Crippen LogP contribution is -2.42. The summed E-state index contributed by atoms with van der Waals surface area (Å²) < 4.78 is 10.7. The molecule has 2 rings (SSSR count). The topological polar surface area (TPSA) is 55.8 Å². The molecule has 0 spiro atoms. The van der Waals surface area contributed by atoms with Gasteiger partial charge in [0.1, 0.15) is 5.75 Å². The van der Waals surface area contributed by atoms with Gasteiger partial charge in [-0.1, -0.05) is 19.3 Å². The standard InChI is InChI=1S/C21H31NO4/c1-4-25-20(23)14-15-22(18-8-6-5-7-9-18)21(24)17-10-12-19(13-11-17)26-16(2)3/h10-13,16,18H,4-9,14-15H2,1-3H3. The van der Waals surface area contributed by atoms with E-state index < -0.39 is 0 Å².